The summed E-state index contributed by atoms with van der Waals surface area (Å²) >= 11 is 1.46. The Morgan fingerprint density at radius 2 is 2.00 bits per heavy atom. The summed E-state index contributed by atoms with van der Waals surface area (Å²) in [5, 5.41) is 8.58. The quantitative estimate of drug-likeness (QED) is 0.692. The molecular weight excluding hydrogens is 254 g/mol. The van der Waals surface area contributed by atoms with E-state index in [1.54, 1.807) is 7.11 Å². The first-order chi connectivity index (χ1) is 8.63. The Kier molecular flexibility index (Phi) is 6.38. The van der Waals surface area contributed by atoms with Gasteiger partial charge in [-0.3, -0.25) is 4.79 Å². The fourth-order valence-corrected chi connectivity index (χ4v) is 1.94. The minimum absolute atomic E-state index is 0.390. The van der Waals surface area contributed by atoms with Crippen LogP contribution in [-0.4, -0.2) is 42.3 Å². The molecule has 0 fully saturated rings. The molecule has 0 heterocycles. The minimum atomic E-state index is -0.974. The largest absolute Gasteiger partial charge is 0.497 e. The number of rotatable bonds is 8. The minimum Gasteiger partial charge on any atom is -0.497 e. The summed E-state index contributed by atoms with van der Waals surface area (Å²) < 4.78 is 10.5. The fourth-order valence-electron chi connectivity index (χ4n) is 1.17. The van der Waals surface area contributed by atoms with Gasteiger partial charge in [-0.25, -0.2) is 0 Å². The standard InChI is InChI=1S/C12H17NO4S/c1-16-9-2-4-10(5-3-9)17-6-7-18-8-11(13)12(14)15/h2-5,11H,6-8,13H2,1H3,(H,14,15)/t11-/m0/s1. The molecule has 1 atom stereocenters. The molecule has 1 aromatic rings. The van der Waals surface area contributed by atoms with Crippen LogP contribution in [0.1, 0.15) is 0 Å². The second kappa shape index (κ2) is 7.84. The van der Waals surface area contributed by atoms with Gasteiger partial charge < -0.3 is 20.3 Å². The van der Waals surface area contributed by atoms with E-state index in [9.17, 15) is 4.79 Å². The lowest BCUT2D eigenvalue weighted by molar-refractivity contribution is -0.137. The number of thioether (sulfide) groups is 1. The first-order valence-electron chi connectivity index (χ1n) is 5.46. The van der Waals surface area contributed by atoms with Crippen LogP contribution in [0.4, 0.5) is 0 Å². The Morgan fingerprint density at radius 1 is 1.39 bits per heavy atom. The van der Waals surface area contributed by atoms with Gasteiger partial charge in [0.25, 0.3) is 0 Å². The van der Waals surface area contributed by atoms with E-state index in [0.29, 0.717) is 18.1 Å². The van der Waals surface area contributed by atoms with Crippen molar-refractivity contribution in [3.63, 3.8) is 0 Å². The van der Waals surface area contributed by atoms with E-state index < -0.39 is 12.0 Å². The van der Waals surface area contributed by atoms with Crippen molar-refractivity contribution in [3.05, 3.63) is 24.3 Å². The van der Waals surface area contributed by atoms with Gasteiger partial charge in [0.1, 0.15) is 17.5 Å². The lowest BCUT2D eigenvalue weighted by Gasteiger charge is -2.08. The number of hydrogen-bond donors (Lipinski definition) is 2. The number of carboxylic acids is 1. The summed E-state index contributed by atoms with van der Waals surface area (Å²) in [5.41, 5.74) is 5.37. The summed E-state index contributed by atoms with van der Waals surface area (Å²) in [4.78, 5) is 10.5. The molecule has 0 bridgehead atoms. The topological polar surface area (TPSA) is 81.8 Å². The van der Waals surface area contributed by atoms with Crippen LogP contribution in [0.25, 0.3) is 0 Å². The third-order valence-electron chi connectivity index (χ3n) is 2.17. The molecule has 0 radical (unpaired) electrons. The Morgan fingerprint density at radius 3 is 2.56 bits per heavy atom. The number of benzene rings is 1. The van der Waals surface area contributed by atoms with Crippen molar-refractivity contribution < 1.29 is 19.4 Å². The molecule has 0 aromatic heterocycles. The van der Waals surface area contributed by atoms with Crippen LogP contribution in [0, 0.1) is 0 Å². The van der Waals surface area contributed by atoms with Gasteiger partial charge in [-0.05, 0) is 24.3 Å². The van der Waals surface area contributed by atoms with Crippen LogP contribution in [0.15, 0.2) is 24.3 Å². The van der Waals surface area contributed by atoms with Crippen LogP contribution < -0.4 is 15.2 Å². The van der Waals surface area contributed by atoms with Gasteiger partial charge in [0, 0.05) is 11.5 Å². The molecule has 18 heavy (non-hydrogen) atoms. The van der Waals surface area contributed by atoms with Gasteiger partial charge in [0.05, 0.1) is 13.7 Å². The normalized spacial score (nSPS) is 11.9. The molecule has 0 amide bonds. The maximum Gasteiger partial charge on any atom is 0.321 e. The highest BCUT2D eigenvalue weighted by Gasteiger charge is 2.10. The average Bonchev–Trinajstić information content (AvgIpc) is 2.38. The number of carbonyl (C=O) groups is 1. The Balaban J connectivity index is 2.15. The highest BCUT2D eigenvalue weighted by Crippen LogP contribution is 2.17. The summed E-state index contributed by atoms with van der Waals surface area (Å²) in [6.07, 6.45) is 0. The molecular formula is C12H17NO4S. The monoisotopic (exact) mass is 271 g/mol. The highest BCUT2D eigenvalue weighted by atomic mass is 32.2. The molecule has 0 saturated carbocycles. The molecule has 0 aliphatic heterocycles. The van der Waals surface area contributed by atoms with Gasteiger partial charge in [-0.2, -0.15) is 11.8 Å². The third-order valence-corrected chi connectivity index (χ3v) is 3.22. The van der Waals surface area contributed by atoms with Gasteiger partial charge in [-0.1, -0.05) is 0 Å². The first-order valence-corrected chi connectivity index (χ1v) is 6.62. The van der Waals surface area contributed by atoms with Crippen molar-refractivity contribution in [1.82, 2.24) is 0 Å². The number of methoxy groups -OCH3 is 1. The summed E-state index contributed by atoms with van der Waals surface area (Å²) in [7, 11) is 1.61. The molecule has 0 unspecified atom stereocenters. The van der Waals surface area contributed by atoms with Crippen LogP contribution >= 0.6 is 11.8 Å². The first kappa shape index (κ1) is 14.7. The molecule has 1 rings (SSSR count). The van der Waals surface area contributed by atoms with Gasteiger partial charge in [0.15, 0.2) is 0 Å². The molecule has 0 aliphatic carbocycles. The molecule has 6 heteroatoms. The zero-order valence-electron chi connectivity index (χ0n) is 10.2. The average molecular weight is 271 g/mol. The van der Waals surface area contributed by atoms with Crippen molar-refractivity contribution in [2.75, 3.05) is 25.2 Å². The number of hydrogen-bond acceptors (Lipinski definition) is 5. The summed E-state index contributed by atoms with van der Waals surface area (Å²) in [6, 6.07) is 6.49. The van der Waals surface area contributed by atoms with Crippen LogP contribution in [0.3, 0.4) is 0 Å². The molecule has 100 valence electrons. The van der Waals surface area contributed by atoms with E-state index in [1.165, 1.54) is 11.8 Å². The second-order valence-electron chi connectivity index (χ2n) is 3.54. The molecule has 0 saturated heterocycles. The van der Waals surface area contributed by atoms with E-state index >= 15 is 0 Å². The fraction of sp³-hybridized carbons (Fsp3) is 0.417. The zero-order chi connectivity index (χ0) is 13.4. The van der Waals surface area contributed by atoms with E-state index in [0.717, 1.165) is 11.5 Å². The van der Waals surface area contributed by atoms with Crippen molar-refractivity contribution in [3.8, 4) is 11.5 Å². The van der Waals surface area contributed by atoms with E-state index in [2.05, 4.69) is 0 Å². The molecule has 5 nitrogen and oxygen atoms in total. The maximum atomic E-state index is 10.5. The Bertz CT molecular complexity index is 369. The molecule has 3 N–H and O–H groups in total. The van der Waals surface area contributed by atoms with E-state index in [1.807, 2.05) is 24.3 Å². The van der Waals surface area contributed by atoms with Crippen molar-refractivity contribution in [2.24, 2.45) is 5.73 Å². The Labute approximate surface area is 110 Å². The lowest BCUT2D eigenvalue weighted by atomic mass is 10.3. The van der Waals surface area contributed by atoms with Crippen LogP contribution in [0.5, 0.6) is 11.5 Å². The van der Waals surface area contributed by atoms with Crippen molar-refractivity contribution in [1.29, 1.82) is 0 Å². The highest BCUT2D eigenvalue weighted by molar-refractivity contribution is 7.99. The lowest BCUT2D eigenvalue weighted by Crippen LogP contribution is -2.32. The van der Waals surface area contributed by atoms with Crippen molar-refractivity contribution in [2.45, 2.75) is 6.04 Å². The van der Waals surface area contributed by atoms with E-state index in [-0.39, 0.29) is 0 Å². The SMILES string of the molecule is COc1ccc(OCCSC[C@H](N)C(=O)O)cc1. The number of ether oxygens (including phenoxy) is 2. The predicted molar refractivity (Wildman–Crippen MR) is 71.4 cm³/mol. The van der Waals surface area contributed by atoms with Gasteiger partial charge >= 0.3 is 5.97 Å². The number of aliphatic carboxylic acids is 1. The third kappa shape index (κ3) is 5.29. The van der Waals surface area contributed by atoms with Gasteiger partial charge in [0.2, 0.25) is 0 Å². The second-order valence-corrected chi connectivity index (χ2v) is 4.69. The predicted octanol–water partition coefficient (Wildman–Crippen LogP) is 1.22. The molecule has 0 aliphatic rings. The van der Waals surface area contributed by atoms with Crippen LogP contribution in [-0.2, 0) is 4.79 Å². The summed E-state index contributed by atoms with van der Waals surface area (Å²) in [6.45, 7) is 0.517. The zero-order valence-corrected chi connectivity index (χ0v) is 11.0. The van der Waals surface area contributed by atoms with Crippen LogP contribution in [0.2, 0.25) is 0 Å². The maximum absolute atomic E-state index is 10.5. The number of carboxylic acid groups (broad SMARTS) is 1. The summed E-state index contributed by atoms with van der Waals surface area (Å²) in [5.74, 6) is 1.66. The number of nitrogens with two attached hydrogens (primary N) is 1. The molecule has 1 aromatic carbocycles. The molecule has 0 spiro atoms. The van der Waals surface area contributed by atoms with Crippen molar-refractivity contribution >= 4 is 17.7 Å². The smallest absolute Gasteiger partial charge is 0.321 e. The Hall–Kier alpha value is -1.40. The van der Waals surface area contributed by atoms with E-state index in [4.69, 9.17) is 20.3 Å². The van der Waals surface area contributed by atoms with Gasteiger partial charge in [-0.15, -0.1) is 0 Å².